The highest BCUT2D eigenvalue weighted by molar-refractivity contribution is 5.73. The van der Waals surface area contributed by atoms with Gasteiger partial charge in [-0.05, 0) is 24.1 Å². The SMILES string of the molecule is O=C(O)CCc1ccc(O[C@@H]2O[C@H](C(=O)O)[C@@H](O)[C@H](O)[C@H]2O)c(O)c1. The predicted molar refractivity (Wildman–Crippen MR) is 79.0 cm³/mol. The van der Waals surface area contributed by atoms with Gasteiger partial charge >= 0.3 is 11.9 Å². The molecular weight excluding hydrogens is 340 g/mol. The Morgan fingerprint density at radius 3 is 2.32 bits per heavy atom. The Morgan fingerprint density at radius 2 is 1.76 bits per heavy atom. The molecule has 10 heteroatoms. The van der Waals surface area contributed by atoms with E-state index in [9.17, 15) is 30.0 Å². The summed E-state index contributed by atoms with van der Waals surface area (Å²) >= 11 is 0. The molecule has 0 saturated carbocycles. The van der Waals surface area contributed by atoms with Crippen molar-refractivity contribution in [1.82, 2.24) is 0 Å². The number of hydrogen-bond donors (Lipinski definition) is 6. The summed E-state index contributed by atoms with van der Waals surface area (Å²) in [6.45, 7) is 0. The summed E-state index contributed by atoms with van der Waals surface area (Å²) in [4.78, 5) is 21.6. The van der Waals surface area contributed by atoms with E-state index < -0.39 is 42.6 Å². The van der Waals surface area contributed by atoms with Crippen LogP contribution >= 0.6 is 0 Å². The van der Waals surface area contributed by atoms with Crippen molar-refractivity contribution in [3.63, 3.8) is 0 Å². The summed E-state index contributed by atoms with van der Waals surface area (Å²) in [7, 11) is 0. The first-order valence-electron chi connectivity index (χ1n) is 7.33. The molecule has 0 aliphatic carbocycles. The number of carboxylic acids is 2. The minimum absolute atomic E-state index is 0.130. The fraction of sp³-hybridized carbons (Fsp3) is 0.467. The van der Waals surface area contributed by atoms with E-state index in [0.717, 1.165) is 0 Å². The molecule has 0 unspecified atom stereocenters. The number of carboxylic acid groups (broad SMARTS) is 2. The van der Waals surface area contributed by atoms with Gasteiger partial charge in [-0.1, -0.05) is 6.07 Å². The average Bonchev–Trinajstić information content (AvgIpc) is 2.54. The van der Waals surface area contributed by atoms with E-state index >= 15 is 0 Å². The van der Waals surface area contributed by atoms with Crippen LogP contribution in [0.15, 0.2) is 18.2 Å². The molecule has 1 fully saturated rings. The van der Waals surface area contributed by atoms with Crippen molar-refractivity contribution in [2.45, 2.75) is 43.5 Å². The van der Waals surface area contributed by atoms with Crippen LogP contribution in [0.25, 0.3) is 0 Å². The maximum absolute atomic E-state index is 11.0. The van der Waals surface area contributed by atoms with Gasteiger partial charge in [0, 0.05) is 6.42 Å². The maximum Gasteiger partial charge on any atom is 0.335 e. The number of benzene rings is 1. The molecule has 2 rings (SSSR count). The van der Waals surface area contributed by atoms with Gasteiger partial charge in [-0.2, -0.15) is 0 Å². The molecular formula is C15H18O10. The van der Waals surface area contributed by atoms with Crippen LogP contribution in [-0.2, 0) is 20.7 Å². The zero-order valence-electron chi connectivity index (χ0n) is 12.8. The highest BCUT2D eigenvalue weighted by Crippen LogP contribution is 2.31. The minimum atomic E-state index is -1.85. The van der Waals surface area contributed by atoms with E-state index in [1.54, 1.807) is 0 Å². The summed E-state index contributed by atoms with van der Waals surface area (Å²) in [6, 6.07) is 4.02. The second-order valence-corrected chi connectivity index (χ2v) is 5.55. The number of aryl methyl sites for hydroxylation is 1. The Hall–Kier alpha value is -2.40. The van der Waals surface area contributed by atoms with Gasteiger partial charge < -0.3 is 40.1 Å². The quantitative estimate of drug-likeness (QED) is 0.358. The minimum Gasteiger partial charge on any atom is -0.504 e. The van der Waals surface area contributed by atoms with Crippen LogP contribution in [0.4, 0.5) is 0 Å². The Labute approximate surface area is 141 Å². The number of aromatic hydroxyl groups is 1. The van der Waals surface area contributed by atoms with Crippen LogP contribution in [0.2, 0.25) is 0 Å². The third kappa shape index (κ3) is 4.37. The Balaban J connectivity index is 2.12. The van der Waals surface area contributed by atoms with E-state index in [1.807, 2.05) is 0 Å². The third-order valence-electron chi connectivity index (χ3n) is 3.71. The topological polar surface area (TPSA) is 174 Å². The summed E-state index contributed by atoms with van der Waals surface area (Å²) in [5, 5.41) is 56.7. The molecule has 10 nitrogen and oxygen atoms in total. The highest BCUT2D eigenvalue weighted by Gasteiger charge is 2.48. The molecule has 0 radical (unpaired) electrons. The number of ether oxygens (including phenoxy) is 2. The number of rotatable bonds is 6. The summed E-state index contributed by atoms with van der Waals surface area (Å²) in [5.41, 5.74) is 0.524. The van der Waals surface area contributed by atoms with Crippen LogP contribution in [0.1, 0.15) is 12.0 Å². The van der Waals surface area contributed by atoms with E-state index in [4.69, 9.17) is 19.7 Å². The van der Waals surface area contributed by atoms with Gasteiger partial charge in [-0.25, -0.2) is 4.79 Å². The normalized spacial score (nSPS) is 29.2. The molecule has 1 aliphatic rings. The first-order valence-corrected chi connectivity index (χ1v) is 7.33. The molecule has 0 spiro atoms. The number of carbonyl (C=O) groups is 2. The Kier molecular flexibility index (Phi) is 5.80. The molecule has 1 aromatic rings. The van der Waals surface area contributed by atoms with Gasteiger partial charge in [0.2, 0.25) is 6.29 Å². The van der Waals surface area contributed by atoms with E-state index in [0.29, 0.717) is 5.56 Å². The van der Waals surface area contributed by atoms with Gasteiger partial charge in [-0.15, -0.1) is 0 Å². The Morgan fingerprint density at radius 1 is 1.08 bits per heavy atom. The molecule has 1 heterocycles. The smallest absolute Gasteiger partial charge is 0.335 e. The number of aliphatic hydroxyl groups is 3. The molecule has 0 amide bonds. The number of aliphatic hydroxyl groups excluding tert-OH is 3. The van der Waals surface area contributed by atoms with E-state index in [2.05, 4.69) is 0 Å². The fourth-order valence-corrected chi connectivity index (χ4v) is 2.34. The standard InChI is InChI=1S/C15H18O10/c16-7-5-6(2-4-9(17)18)1-3-8(7)24-15-12(21)10(19)11(20)13(25-15)14(22)23/h1,3,5,10-13,15-16,19-21H,2,4H2,(H,17,18)(H,22,23)/t10-,11-,12+,13-,15+/m0/s1. The Bertz CT molecular complexity index is 645. The van der Waals surface area contributed by atoms with Crippen LogP contribution in [0.3, 0.4) is 0 Å². The first-order chi connectivity index (χ1) is 11.7. The summed E-state index contributed by atoms with van der Waals surface area (Å²) in [6.07, 6.45) is -8.84. The van der Waals surface area contributed by atoms with Crippen LogP contribution < -0.4 is 4.74 Å². The highest BCUT2D eigenvalue weighted by atomic mass is 16.7. The lowest BCUT2D eigenvalue weighted by atomic mass is 9.99. The van der Waals surface area contributed by atoms with Crippen molar-refractivity contribution in [3.8, 4) is 11.5 Å². The van der Waals surface area contributed by atoms with Crippen molar-refractivity contribution in [2.75, 3.05) is 0 Å². The van der Waals surface area contributed by atoms with Crippen LogP contribution in [-0.4, -0.2) is 73.3 Å². The lowest BCUT2D eigenvalue weighted by Gasteiger charge is -2.38. The van der Waals surface area contributed by atoms with Gasteiger partial charge in [0.1, 0.15) is 18.3 Å². The predicted octanol–water partition coefficient (Wildman–Crippen LogP) is -1.32. The lowest BCUT2D eigenvalue weighted by Crippen LogP contribution is -2.61. The van der Waals surface area contributed by atoms with Crippen LogP contribution in [0, 0.1) is 0 Å². The van der Waals surface area contributed by atoms with Crippen molar-refractivity contribution in [1.29, 1.82) is 0 Å². The molecule has 1 saturated heterocycles. The van der Waals surface area contributed by atoms with Crippen LogP contribution in [0.5, 0.6) is 11.5 Å². The number of aliphatic carboxylic acids is 2. The summed E-state index contributed by atoms with van der Waals surface area (Å²) < 4.78 is 10.1. The van der Waals surface area contributed by atoms with Gasteiger partial charge in [-0.3, -0.25) is 4.79 Å². The van der Waals surface area contributed by atoms with Crippen molar-refractivity contribution in [3.05, 3.63) is 23.8 Å². The first kappa shape index (κ1) is 18.9. The largest absolute Gasteiger partial charge is 0.504 e. The van der Waals surface area contributed by atoms with Gasteiger partial charge in [0.25, 0.3) is 0 Å². The molecule has 1 aliphatic heterocycles. The number of phenolic OH excluding ortho intramolecular Hbond substituents is 1. The molecule has 5 atom stereocenters. The molecule has 25 heavy (non-hydrogen) atoms. The van der Waals surface area contributed by atoms with Crippen molar-refractivity contribution in [2.24, 2.45) is 0 Å². The molecule has 138 valence electrons. The van der Waals surface area contributed by atoms with E-state index in [-0.39, 0.29) is 24.3 Å². The number of hydrogen-bond acceptors (Lipinski definition) is 8. The monoisotopic (exact) mass is 358 g/mol. The van der Waals surface area contributed by atoms with Gasteiger partial charge in [0.15, 0.2) is 17.6 Å². The maximum atomic E-state index is 11.0. The van der Waals surface area contributed by atoms with Crippen molar-refractivity contribution >= 4 is 11.9 Å². The van der Waals surface area contributed by atoms with Crippen molar-refractivity contribution < 1.29 is 49.7 Å². The molecule has 0 bridgehead atoms. The molecule has 6 N–H and O–H groups in total. The van der Waals surface area contributed by atoms with E-state index in [1.165, 1.54) is 18.2 Å². The average molecular weight is 358 g/mol. The second-order valence-electron chi connectivity index (χ2n) is 5.55. The third-order valence-corrected chi connectivity index (χ3v) is 3.71. The molecule has 0 aromatic heterocycles. The fourth-order valence-electron chi connectivity index (χ4n) is 2.34. The summed E-state index contributed by atoms with van der Waals surface area (Å²) in [5.74, 6) is -3.10. The zero-order valence-corrected chi connectivity index (χ0v) is 12.8. The zero-order chi connectivity index (χ0) is 18.7. The van der Waals surface area contributed by atoms with Gasteiger partial charge in [0.05, 0.1) is 0 Å². The second kappa shape index (κ2) is 7.66. The number of phenols is 1. The molecule has 1 aromatic carbocycles. The lowest BCUT2D eigenvalue weighted by molar-refractivity contribution is -0.271.